The molecule has 1 aliphatic heterocycles. The number of carboxylic acid groups (broad SMARTS) is 1. The van der Waals surface area contributed by atoms with Crippen LogP contribution in [0, 0.1) is 5.92 Å². The first kappa shape index (κ1) is 25.9. The number of carbonyl (C=O) groups is 3. The lowest BCUT2D eigenvalue weighted by Crippen LogP contribution is -2.52. The lowest BCUT2D eigenvalue weighted by Gasteiger charge is -2.32. The summed E-state index contributed by atoms with van der Waals surface area (Å²) in [5, 5.41) is 14.8. The van der Waals surface area contributed by atoms with E-state index in [-0.39, 0.29) is 18.2 Å². The zero-order chi connectivity index (χ0) is 24.3. The van der Waals surface area contributed by atoms with Crippen molar-refractivity contribution in [1.29, 1.82) is 0 Å². The van der Waals surface area contributed by atoms with E-state index < -0.39 is 42.3 Å². The molecule has 2 atom stereocenters. The smallest absolute Gasteiger partial charge is 0.480 e. The zero-order valence-corrected chi connectivity index (χ0v) is 20.0. The van der Waals surface area contributed by atoms with Gasteiger partial charge in [0.2, 0.25) is 11.8 Å². The van der Waals surface area contributed by atoms with E-state index in [0.29, 0.717) is 6.42 Å². The quantitative estimate of drug-likeness (QED) is 0.497. The van der Waals surface area contributed by atoms with Gasteiger partial charge in [-0.15, -0.1) is 0 Å². The monoisotopic (exact) mass is 446 g/mol. The molecule has 0 radical (unpaired) electrons. The maximum absolute atomic E-state index is 12.6. The lowest BCUT2D eigenvalue weighted by atomic mass is 9.78. The highest BCUT2D eigenvalue weighted by atomic mass is 16.7. The Kier molecular flexibility index (Phi) is 8.12. The molecule has 176 valence electrons. The summed E-state index contributed by atoms with van der Waals surface area (Å²) < 4.78 is 12.1. The van der Waals surface area contributed by atoms with Crippen LogP contribution in [0.2, 0.25) is 0 Å². The van der Waals surface area contributed by atoms with E-state index in [1.807, 2.05) is 65.8 Å². The largest absolute Gasteiger partial charge is 0.494 e. The van der Waals surface area contributed by atoms with Crippen LogP contribution in [-0.4, -0.2) is 53.3 Å². The van der Waals surface area contributed by atoms with Crippen molar-refractivity contribution in [2.24, 2.45) is 5.92 Å². The van der Waals surface area contributed by atoms with E-state index in [2.05, 4.69) is 10.6 Å². The van der Waals surface area contributed by atoms with Gasteiger partial charge < -0.3 is 25.0 Å². The van der Waals surface area contributed by atoms with Crippen LogP contribution in [0.1, 0.15) is 60.5 Å². The van der Waals surface area contributed by atoms with Gasteiger partial charge in [-0.05, 0) is 51.1 Å². The number of carboxylic acids is 1. The summed E-state index contributed by atoms with van der Waals surface area (Å²) in [6.45, 7) is 13.1. The number of benzene rings is 1. The molecule has 2 amide bonds. The predicted molar refractivity (Wildman–Crippen MR) is 122 cm³/mol. The van der Waals surface area contributed by atoms with Crippen molar-refractivity contribution < 1.29 is 28.8 Å². The number of amides is 2. The molecule has 2 rings (SSSR count). The van der Waals surface area contributed by atoms with Crippen molar-refractivity contribution in [2.75, 3.05) is 0 Å². The second kappa shape index (κ2) is 10.0. The Balaban J connectivity index is 2.07. The van der Waals surface area contributed by atoms with Gasteiger partial charge >= 0.3 is 13.1 Å². The van der Waals surface area contributed by atoms with Crippen LogP contribution in [0.5, 0.6) is 0 Å². The molecule has 1 aromatic carbocycles. The SMILES string of the molecule is CC(=O)N[C@@H](CC(C)C)C(=O)N[C@H](Cc1ccc(B2OC(C)(C)C(C)(C)O2)cc1)C(=O)O. The highest BCUT2D eigenvalue weighted by molar-refractivity contribution is 6.62. The second-order valence-electron chi connectivity index (χ2n) is 9.82. The van der Waals surface area contributed by atoms with Crippen LogP contribution in [0.25, 0.3) is 0 Å². The average molecular weight is 446 g/mol. The predicted octanol–water partition coefficient (Wildman–Crippen LogP) is 1.65. The van der Waals surface area contributed by atoms with Gasteiger partial charge in [-0.1, -0.05) is 38.1 Å². The molecule has 1 aromatic rings. The molecular formula is C23H35BN2O6. The van der Waals surface area contributed by atoms with Crippen LogP contribution in [-0.2, 0) is 30.1 Å². The zero-order valence-electron chi connectivity index (χ0n) is 20.0. The van der Waals surface area contributed by atoms with Gasteiger partial charge in [-0.2, -0.15) is 0 Å². The summed E-state index contributed by atoms with van der Waals surface area (Å²) in [6, 6.07) is 5.41. The van der Waals surface area contributed by atoms with Crippen molar-refractivity contribution in [3.8, 4) is 0 Å². The maximum Gasteiger partial charge on any atom is 0.494 e. The van der Waals surface area contributed by atoms with Crippen molar-refractivity contribution in [3.63, 3.8) is 0 Å². The normalized spacial score (nSPS) is 18.8. The molecule has 0 aromatic heterocycles. The number of hydrogen-bond acceptors (Lipinski definition) is 5. The van der Waals surface area contributed by atoms with E-state index in [1.165, 1.54) is 6.92 Å². The molecule has 1 fully saturated rings. The second-order valence-corrected chi connectivity index (χ2v) is 9.82. The maximum atomic E-state index is 12.6. The first-order valence-corrected chi connectivity index (χ1v) is 11.0. The first-order chi connectivity index (χ1) is 14.7. The Labute approximate surface area is 190 Å². The average Bonchev–Trinajstić information content (AvgIpc) is 2.87. The van der Waals surface area contributed by atoms with E-state index in [1.54, 1.807) is 0 Å². The molecule has 1 heterocycles. The Morgan fingerprint density at radius 2 is 1.50 bits per heavy atom. The number of carbonyl (C=O) groups excluding carboxylic acids is 2. The van der Waals surface area contributed by atoms with Crippen LogP contribution in [0.15, 0.2) is 24.3 Å². The van der Waals surface area contributed by atoms with Gasteiger partial charge in [0.15, 0.2) is 0 Å². The topological polar surface area (TPSA) is 114 Å². The fourth-order valence-electron chi connectivity index (χ4n) is 3.45. The highest BCUT2D eigenvalue weighted by Crippen LogP contribution is 2.36. The number of rotatable bonds is 9. The molecule has 0 aliphatic carbocycles. The van der Waals surface area contributed by atoms with Crippen molar-refractivity contribution in [3.05, 3.63) is 29.8 Å². The summed E-state index contributed by atoms with van der Waals surface area (Å²) >= 11 is 0. The molecule has 8 nitrogen and oxygen atoms in total. The highest BCUT2D eigenvalue weighted by Gasteiger charge is 2.51. The van der Waals surface area contributed by atoms with E-state index in [9.17, 15) is 19.5 Å². The molecule has 1 saturated heterocycles. The third-order valence-electron chi connectivity index (χ3n) is 5.96. The molecule has 3 N–H and O–H groups in total. The molecular weight excluding hydrogens is 411 g/mol. The number of aliphatic carboxylic acids is 1. The summed E-state index contributed by atoms with van der Waals surface area (Å²) in [7, 11) is -0.501. The summed E-state index contributed by atoms with van der Waals surface area (Å²) in [5.74, 6) is -1.82. The van der Waals surface area contributed by atoms with E-state index in [0.717, 1.165) is 11.0 Å². The van der Waals surface area contributed by atoms with Gasteiger partial charge in [0.1, 0.15) is 12.1 Å². The minimum atomic E-state index is -1.14. The van der Waals surface area contributed by atoms with Gasteiger partial charge in [0.05, 0.1) is 11.2 Å². The van der Waals surface area contributed by atoms with Gasteiger partial charge in [0, 0.05) is 13.3 Å². The van der Waals surface area contributed by atoms with Crippen LogP contribution in [0.3, 0.4) is 0 Å². The molecule has 0 bridgehead atoms. The van der Waals surface area contributed by atoms with Crippen LogP contribution >= 0.6 is 0 Å². The number of nitrogens with one attached hydrogen (secondary N) is 2. The molecule has 1 aliphatic rings. The third-order valence-corrected chi connectivity index (χ3v) is 5.96. The molecule has 0 spiro atoms. The Bertz CT molecular complexity index is 821. The van der Waals surface area contributed by atoms with Gasteiger partial charge in [-0.25, -0.2) is 4.79 Å². The van der Waals surface area contributed by atoms with Crippen molar-refractivity contribution in [2.45, 2.75) is 84.6 Å². The Morgan fingerprint density at radius 3 is 1.94 bits per heavy atom. The van der Waals surface area contributed by atoms with Gasteiger partial charge in [0.25, 0.3) is 0 Å². The molecule has 32 heavy (non-hydrogen) atoms. The molecule has 9 heteroatoms. The third kappa shape index (κ3) is 6.56. The van der Waals surface area contributed by atoms with E-state index >= 15 is 0 Å². The van der Waals surface area contributed by atoms with E-state index in [4.69, 9.17) is 9.31 Å². The fourth-order valence-corrected chi connectivity index (χ4v) is 3.45. The standard InChI is InChI=1S/C23H35BN2O6/c1-14(2)12-18(25-15(3)27)20(28)26-19(21(29)30)13-16-8-10-17(11-9-16)24-31-22(4,5)23(6,7)32-24/h8-11,14,18-19H,12-13H2,1-7H3,(H,25,27)(H,26,28)(H,29,30)/t18-,19+/m0/s1. The van der Waals surface area contributed by atoms with Crippen LogP contribution in [0.4, 0.5) is 0 Å². The van der Waals surface area contributed by atoms with Gasteiger partial charge in [-0.3, -0.25) is 9.59 Å². The minimum Gasteiger partial charge on any atom is -0.480 e. The summed E-state index contributed by atoms with van der Waals surface area (Å²) in [4.78, 5) is 35.9. The van der Waals surface area contributed by atoms with Crippen molar-refractivity contribution in [1.82, 2.24) is 10.6 Å². The number of hydrogen-bond donors (Lipinski definition) is 3. The fraction of sp³-hybridized carbons (Fsp3) is 0.609. The Hall–Kier alpha value is -2.39. The van der Waals surface area contributed by atoms with Crippen LogP contribution < -0.4 is 16.1 Å². The Morgan fingerprint density at radius 1 is 0.969 bits per heavy atom. The lowest BCUT2D eigenvalue weighted by molar-refractivity contribution is -0.142. The van der Waals surface area contributed by atoms with Crippen molar-refractivity contribution >= 4 is 30.4 Å². The molecule has 0 saturated carbocycles. The summed E-state index contributed by atoms with van der Waals surface area (Å²) in [6.07, 6.45) is 0.528. The first-order valence-electron chi connectivity index (χ1n) is 11.0. The minimum absolute atomic E-state index is 0.110. The summed E-state index contributed by atoms with van der Waals surface area (Å²) in [5.41, 5.74) is 0.689. The molecule has 0 unspecified atom stereocenters.